The van der Waals surface area contributed by atoms with Crippen molar-refractivity contribution in [3.63, 3.8) is 0 Å². The van der Waals surface area contributed by atoms with Gasteiger partial charge in [-0.25, -0.2) is 0 Å². The number of piperidine rings is 1. The second-order valence-electron chi connectivity index (χ2n) is 6.52. The number of aromatic nitrogens is 2. The number of rotatable bonds is 6. The number of nitrogens with one attached hydrogen (secondary N) is 1. The van der Waals surface area contributed by atoms with Crippen molar-refractivity contribution in [3.8, 4) is 0 Å². The Bertz CT molecular complexity index is 744. The van der Waals surface area contributed by atoms with E-state index in [1.54, 1.807) is 4.90 Å². The molecule has 1 atom stereocenters. The Labute approximate surface area is 152 Å². The Morgan fingerprint density at radius 3 is 2.88 bits per heavy atom. The summed E-state index contributed by atoms with van der Waals surface area (Å²) in [5, 5.41) is 6.78. The molecule has 0 saturated carbocycles. The molecule has 1 aromatic carbocycles. The number of likely N-dealkylation sites (tertiary alicyclic amines) is 1. The average Bonchev–Trinajstić information content (AvgIpc) is 3.13. The fourth-order valence-electron chi connectivity index (χ4n) is 3.16. The number of benzene rings is 1. The SMILES string of the molecule is CCC(=O)N1CCC[C@H](C(=O)NCc2noc(Cc3ccccc3)n2)C1. The number of amides is 2. The first-order chi connectivity index (χ1) is 12.7. The van der Waals surface area contributed by atoms with Crippen molar-refractivity contribution in [2.45, 2.75) is 39.2 Å². The highest BCUT2D eigenvalue weighted by molar-refractivity contribution is 5.81. The van der Waals surface area contributed by atoms with Crippen LogP contribution in [0.2, 0.25) is 0 Å². The van der Waals surface area contributed by atoms with Gasteiger partial charge < -0.3 is 14.7 Å². The van der Waals surface area contributed by atoms with Crippen LogP contribution in [-0.2, 0) is 22.6 Å². The highest BCUT2D eigenvalue weighted by Crippen LogP contribution is 2.17. The van der Waals surface area contributed by atoms with E-state index in [1.165, 1.54) is 0 Å². The van der Waals surface area contributed by atoms with Crippen LogP contribution in [0.3, 0.4) is 0 Å². The maximum absolute atomic E-state index is 12.4. The van der Waals surface area contributed by atoms with Gasteiger partial charge in [0.25, 0.3) is 0 Å². The van der Waals surface area contributed by atoms with Crippen molar-refractivity contribution >= 4 is 11.8 Å². The summed E-state index contributed by atoms with van der Waals surface area (Å²) < 4.78 is 5.24. The summed E-state index contributed by atoms with van der Waals surface area (Å²) in [6.45, 7) is 3.30. The highest BCUT2D eigenvalue weighted by atomic mass is 16.5. The Morgan fingerprint density at radius 2 is 2.12 bits per heavy atom. The van der Waals surface area contributed by atoms with E-state index >= 15 is 0 Å². The minimum Gasteiger partial charge on any atom is -0.348 e. The van der Waals surface area contributed by atoms with Gasteiger partial charge in [-0.1, -0.05) is 42.4 Å². The van der Waals surface area contributed by atoms with E-state index in [-0.39, 0.29) is 24.3 Å². The normalized spacial score (nSPS) is 17.1. The molecule has 1 aromatic heterocycles. The van der Waals surface area contributed by atoms with Crippen molar-refractivity contribution < 1.29 is 14.1 Å². The van der Waals surface area contributed by atoms with Gasteiger partial charge >= 0.3 is 0 Å². The summed E-state index contributed by atoms with van der Waals surface area (Å²) in [4.78, 5) is 30.3. The summed E-state index contributed by atoms with van der Waals surface area (Å²) in [5.41, 5.74) is 1.09. The minimum absolute atomic E-state index is 0.0620. The molecule has 0 bridgehead atoms. The lowest BCUT2D eigenvalue weighted by atomic mass is 9.97. The monoisotopic (exact) mass is 356 g/mol. The molecule has 26 heavy (non-hydrogen) atoms. The van der Waals surface area contributed by atoms with E-state index in [1.807, 2.05) is 37.3 Å². The average molecular weight is 356 g/mol. The van der Waals surface area contributed by atoms with Crippen LogP contribution in [0.15, 0.2) is 34.9 Å². The predicted octanol–water partition coefficient (Wildman–Crippen LogP) is 1.93. The molecular weight excluding hydrogens is 332 g/mol. The highest BCUT2D eigenvalue weighted by Gasteiger charge is 2.27. The van der Waals surface area contributed by atoms with Gasteiger partial charge in [0.1, 0.15) is 0 Å². The largest absolute Gasteiger partial charge is 0.348 e. The van der Waals surface area contributed by atoms with Gasteiger partial charge in [-0.3, -0.25) is 9.59 Å². The molecule has 1 aliphatic rings. The van der Waals surface area contributed by atoms with Crippen LogP contribution in [-0.4, -0.2) is 39.9 Å². The van der Waals surface area contributed by atoms with Gasteiger partial charge in [0, 0.05) is 19.5 Å². The second kappa shape index (κ2) is 8.60. The van der Waals surface area contributed by atoms with Crippen molar-refractivity contribution in [1.29, 1.82) is 0 Å². The standard InChI is InChI=1S/C19H24N4O3/c1-2-18(24)23-10-6-9-15(13-23)19(25)20-12-16-21-17(26-22-16)11-14-7-4-3-5-8-14/h3-5,7-8,15H,2,6,9-13H2,1H3,(H,20,25)/t15-/m0/s1. The summed E-state index contributed by atoms with van der Waals surface area (Å²) in [5.74, 6) is 0.855. The molecule has 7 nitrogen and oxygen atoms in total. The van der Waals surface area contributed by atoms with Crippen LogP contribution in [0, 0.1) is 5.92 Å². The van der Waals surface area contributed by atoms with Crippen molar-refractivity contribution in [3.05, 3.63) is 47.6 Å². The minimum atomic E-state index is -0.171. The molecule has 2 amide bonds. The predicted molar refractivity (Wildman–Crippen MR) is 95.0 cm³/mol. The lowest BCUT2D eigenvalue weighted by Crippen LogP contribution is -2.45. The first-order valence-electron chi connectivity index (χ1n) is 9.06. The molecule has 0 radical (unpaired) electrons. The first kappa shape index (κ1) is 18.1. The third-order valence-electron chi connectivity index (χ3n) is 4.58. The van der Waals surface area contributed by atoms with Crippen LogP contribution >= 0.6 is 0 Å². The summed E-state index contributed by atoms with van der Waals surface area (Å²) in [7, 11) is 0. The van der Waals surface area contributed by atoms with E-state index in [4.69, 9.17) is 4.52 Å². The zero-order chi connectivity index (χ0) is 18.4. The number of hydrogen-bond donors (Lipinski definition) is 1. The molecule has 7 heteroatoms. The number of hydrogen-bond acceptors (Lipinski definition) is 5. The molecule has 3 rings (SSSR count). The molecule has 1 fully saturated rings. The van der Waals surface area contributed by atoms with Crippen LogP contribution < -0.4 is 5.32 Å². The summed E-state index contributed by atoms with van der Waals surface area (Å²) >= 11 is 0. The molecule has 2 heterocycles. The van der Waals surface area contributed by atoms with Gasteiger partial charge in [0.15, 0.2) is 5.82 Å². The molecular formula is C19H24N4O3. The molecule has 2 aromatic rings. The fraction of sp³-hybridized carbons (Fsp3) is 0.474. The van der Waals surface area contributed by atoms with Gasteiger partial charge in [-0.15, -0.1) is 0 Å². The van der Waals surface area contributed by atoms with Crippen LogP contribution in [0.5, 0.6) is 0 Å². The third-order valence-corrected chi connectivity index (χ3v) is 4.58. The zero-order valence-corrected chi connectivity index (χ0v) is 15.0. The van der Waals surface area contributed by atoms with Crippen LogP contribution in [0.4, 0.5) is 0 Å². The zero-order valence-electron chi connectivity index (χ0n) is 15.0. The lowest BCUT2D eigenvalue weighted by Gasteiger charge is -2.31. The van der Waals surface area contributed by atoms with Crippen molar-refractivity contribution in [1.82, 2.24) is 20.4 Å². The first-order valence-corrected chi connectivity index (χ1v) is 9.06. The molecule has 1 N–H and O–H groups in total. The van der Waals surface area contributed by atoms with Gasteiger partial charge in [0.05, 0.1) is 18.9 Å². The van der Waals surface area contributed by atoms with Gasteiger partial charge in [0.2, 0.25) is 17.7 Å². The topological polar surface area (TPSA) is 88.3 Å². The molecule has 1 saturated heterocycles. The quantitative estimate of drug-likeness (QED) is 0.854. The Balaban J connectivity index is 1.49. The molecule has 0 aliphatic carbocycles. The molecule has 0 spiro atoms. The third kappa shape index (κ3) is 4.68. The summed E-state index contributed by atoms with van der Waals surface area (Å²) in [6, 6.07) is 9.88. The van der Waals surface area contributed by atoms with Crippen LogP contribution in [0.25, 0.3) is 0 Å². The number of carbonyl (C=O) groups is 2. The van der Waals surface area contributed by atoms with Gasteiger partial charge in [-0.2, -0.15) is 4.98 Å². The Hall–Kier alpha value is -2.70. The smallest absolute Gasteiger partial charge is 0.231 e. The maximum atomic E-state index is 12.4. The van der Waals surface area contributed by atoms with Crippen molar-refractivity contribution in [2.75, 3.05) is 13.1 Å². The molecule has 0 unspecified atom stereocenters. The lowest BCUT2D eigenvalue weighted by molar-refractivity contribution is -0.135. The Kier molecular flexibility index (Phi) is 5.99. The molecule has 1 aliphatic heterocycles. The fourth-order valence-corrected chi connectivity index (χ4v) is 3.16. The molecule has 138 valence electrons. The summed E-state index contributed by atoms with van der Waals surface area (Å²) in [6.07, 6.45) is 2.69. The van der Waals surface area contributed by atoms with Gasteiger partial charge in [-0.05, 0) is 18.4 Å². The number of carbonyl (C=O) groups excluding carboxylic acids is 2. The van der Waals surface area contributed by atoms with E-state index in [0.29, 0.717) is 31.1 Å². The number of nitrogens with zero attached hydrogens (tertiary/aromatic N) is 3. The maximum Gasteiger partial charge on any atom is 0.231 e. The van der Waals surface area contributed by atoms with E-state index < -0.39 is 0 Å². The van der Waals surface area contributed by atoms with E-state index in [0.717, 1.165) is 24.9 Å². The van der Waals surface area contributed by atoms with Crippen LogP contribution in [0.1, 0.15) is 43.5 Å². The van der Waals surface area contributed by atoms with E-state index in [2.05, 4.69) is 15.5 Å². The second-order valence-corrected chi connectivity index (χ2v) is 6.52. The van der Waals surface area contributed by atoms with E-state index in [9.17, 15) is 9.59 Å². The van der Waals surface area contributed by atoms with Crippen molar-refractivity contribution in [2.24, 2.45) is 5.92 Å². The Morgan fingerprint density at radius 1 is 1.31 bits per heavy atom.